The number of aromatic nitrogens is 2. The Morgan fingerprint density at radius 3 is 2.11 bits per heavy atom. The number of carbonyl (C=O) groups excluding carboxylic acids is 6. The second kappa shape index (κ2) is 25.0. The monoisotopic (exact) mass is 1090 g/mol. The standard InChI is InChI=1S/C62H69N7O11/c1-38(79-36-41-20-18-39(19-21-41)10-8-30-77-32-33-78-31-9-11-40-22-26-51-53(34-40)67(2)62(76)68(51)52-27-29-56(71)66-58(52)72)49(25-28-55(63)70)64-59(73)54-35-43-13-7-12-42-23-24-50(60(74)69(54)57(42)43)65-61(75)80-37-48-46-16-5-3-14-44(46)45-15-4-6-17-47(45)48/h3-7,12-22,26,34,38,48-50,52,54H,8-11,23-25,27-33,35-37H2,1-2H3,(H2,63,70)(H,64,73)(H,65,75)(H,66,71,72)/t38?,49?,50-,52?,54-/m0/s1. The average molecular weight is 1090 g/mol. The maximum absolute atomic E-state index is 14.5. The summed E-state index contributed by atoms with van der Waals surface area (Å²) in [6.45, 7) is 4.30. The first-order valence-electron chi connectivity index (χ1n) is 27.9. The number of alkyl carbamates (subject to hydrolysis) is 1. The third-order valence-electron chi connectivity index (χ3n) is 16.0. The second-order valence-corrected chi connectivity index (χ2v) is 21.3. The number of nitrogens with two attached hydrogens (primary N) is 1. The van der Waals surface area contributed by atoms with Crippen LogP contribution in [-0.4, -0.2) is 102 Å². The highest BCUT2D eigenvalue weighted by molar-refractivity contribution is 6.07. The fourth-order valence-corrected chi connectivity index (χ4v) is 11.8. The number of hydrogen-bond donors (Lipinski definition) is 4. The number of benzene rings is 5. The molecule has 3 aliphatic heterocycles. The van der Waals surface area contributed by atoms with E-state index in [1.54, 1.807) is 11.6 Å². The fourth-order valence-electron chi connectivity index (χ4n) is 11.8. The van der Waals surface area contributed by atoms with Crippen molar-refractivity contribution in [1.82, 2.24) is 25.1 Å². The lowest BCUT2D eigenvalue weighted by molar-refractivity contribution is -0.135. The maximum Gasteiger partial charge on any atom is 0.407 e. The predicted octanol–water partition coefficient (Wildman–Crippen LogP) is 6.38. The van der Waals surface area contributed by atoms with Gasteiger partial charge in [0.05, 0.1) is 48.7 Å². The number of carbonyl (C=O) groups is 6. The van der Waals surface area contributed by atoms with E-state index >= 15 is 0 Å². The number of imidazole rings is 1. The number of ether oxygens (including phenoxy) is 4. The molecule has 6 aromatic rings. The number of nitrogens with one attached hydrogen (secondary N) is 3. The van der Waals surface area contributed by atoms with Gasteiger partial charge in [0.25, 0.3) is 0 Å². The van der Waals surface area contributed by atoms with Crippen molar-refractivity contribution >= 4 is 52.3 Å². The Kier molecular flexibility index (Phi) is 17.3. The van der Waals surface area contributed by atoms with Gasteiger partial charge >= 0.3 is 11.8 Å². The van der Waals surface area contributed by atoms with Gasteiger partial charge in [0.2, 0.25) is 29.5 Å². The fraction of sp³-hybridized carbons (Fsp3) is 0.403. The molecule has 5 aromatic carbocycles. The van der Waals surface area contributed by atoms with Crippen molar-refractivity contribution in [1.29, 1.82) is 0 Å². The predicted molar refractivity (Wildman–Crippen MR) is 300 cm³/mol. The quantitative estimate of drug-likeness (QED) is 0.0384. The van der Waals surface area contributed by atoms with E-state index in [9.17, 15) is 33.6 Å². The summed E-state index contributed by atoms with van der Waals surface area (Å²) < 4.78 is 26.9. The van der Waals surface area contributed by atoms with Crippen molar-refractivity contribution < 1.29 is 47.7 Å². The molecule has 3 unspecified atom stereocenters. The highest BCUT2D eigenvalue weighted by Crippen LogP contribution is 2.45. The Hall–Kier alpha value is -7.93. The largest absolute Gasteiger partial charge is 0.449 e. The smallest absolute Gasteiger partial charge is 0.407 e. The van der Waals surface area contributed by atoms with E-state index in [0.29, 0.717) is 56.9 Å². The van der Waals surface area contributed by atoms with Crippen LogP contribution in [0.4, 0.5) is 10.5 Å². The van der Waals surface area contributed by atoms with Gasteiger partial charge in [0, 0.05) is 45.4 Å². The van der Waals surface area contributed by atoms with Gasteiger partial charge in [-0.2, -0.15) is 0 Å². The number of hydrogen-bond acceptors (Lipinski definition) is 11. The number of nitrogens with zero attached hydrogens (tertiary/aromatic N) is 3. The molecule has 418 valence electrons. The van der Waals surface area contributed by atoms with E-state index < -0.39 is 60.0 Å². The molecule has 5 N–H and O–H groups in total. The van der Waals surface area contributed by atoms with Crippen LogP contribution in [0.15, 0.2) is 114 Å². The summed E-state index contributed by atoms with van der Waals surface area (Å²) in [4.78, 5) is 93.4. The van der Waals surface area contributed by atoms with E-state index in [-0.39, 0.29) is 56.4 Å². The van der Waals surface area contributed by atoms with Crippen LogP contribution in [0.25, 0.3) is 22.2 Å². The summed E-state index contributed by atoms with van der Waals surface area (Å²) in [5.74, 6) is -2.21. The van der Waals surface area contributed by atoms with Gasteiger partial charge < -0.3 is 35.3 Å². The minimum atomic E-state index is -0.935. The Bertz CT molecular complexity index is 3310. The molecule has 1 aliphatic carbocycles. The zero-order valence-electron chi connectivity index (χ0n) is 45.3. The Labute approximate surface area is 464 Å². The molecule has 4 aliphatic rings. The number of fused-ring (bicyclic) bond motifs is 4. The SMILES string of the molecule is CC(OCc1ccc(CCCOCCOCCCc2ccc3c(c2)n(C)c(=O)n3C2CCC(=O)NC2=O)cc1)C(CCC(N)=O)NC(=O)[C@@H]1Cc2cccc3c2N1C(=O)[C@@H](NC(=O)OCC1c2ccccc2-c2ccccc21)CC3. The van der Waals surface area contributed by atoms with Gasteiger partial charge in [-0.05, 0) is 120 Å². The molecule has 10 rings (SSSR count). The summed E-state index contributed by atoms with van der Waals surface area (Å²) in [5.41, 5.74) is 16.7. The van der Waals surface area contributed by atoms with Gasteiger partial charge in [-0.25, -0.2) is 9.59 Å². The highest BCUT2D eigenvalue weighted by atomic mass is 16.5. The lowest BCUT2D eigenvalue weighted by Gasteiger charge is -2.31. The van der Waals surface area contributed by atoms with Crippen molar-refractivity contribution in [3.05, 3.63) is 159 Å². The van der Waals surface area contributed by atoms with Crippen LogP contribution in [0.3, 0.4) is 0 Å². The van der Waals surface area contributed by atoms with Gasteiger partial charge in [0.15, 0.2) is 0 Å². The summed E-state index contributed by atoms with van der Waals surface area (Å²) >= 11 is 0. The second-order valence-electron chi connectivity index (χ2n) is 21.3. The minimum absolute atomic E-state index is 0.0201. The molecule has 1 fully saturated rings. The molecular weight excluding hydrogens is 1020 g/mol. The van der Waals surface area contributed by atoms with E-state index in [0.717, 1.165) is 81.3 Å². The zero-order chi connectivity index (χ0) is 55.9. The van der Waals surface area contributed by atoms with Crippen molar-refractivity contribution in [2.45, 2.75) is 120 Å². The molecule has 1 saturated heterocycles. The van der Waals surface area contributed by atoms with Crippen LogP contribution in [0, 0.1) is 0 Å². The van der Waals surface area contributed by atoms with E-state index in [2.05, 4.69) is 40.2 Å². The number of piperidine rings is 1. The zero-order valence-corrected chi connectivity index (χ0v) is 45.3. The maximum atomic E-state index is 14.5. The molecule has 18 nitrogen and oxygen atoms in total. The molecule has 5 atom stereocenters. The number of amides is 6. The Morgan fingerprint density at radius 1 is 0.750 bits per heavy atom. The minimum Gasteiger partial charge on any atom is -0.449 e. The first kappa shape index (κ1) is 55.4. The van der Waals surface area contributed by atoms with Crippen molar-refractivity contribution in [3.63, 3.8) is 0 Å². The molecule has 0 spiro atoms. The molecule has 1 aromatic heterocycles. The third kappa shape index (κ3) is 12.3. The van der Waals surface area contributed by atoms with Crippen molar-refractivity contribution in [3.8, 4) is 11.1 Å². The first-order chi connectivity index (χ1) is 38.8. The number of aryl methyl sites for hydroxylation is 4. The highest BCUT2D eigenvalue weighted by Gasteiger charge is 2.45. The Balaban J connectivity index is 0.652. The van der Waals surface area contributed by atoms with Crippen LogP contribution >= 0.6 is 0 Å². The first-order valence-corrected chi connectivity index (χ1v) is 27.9. The van der Waals surface area contributed by atoms with Crippen LogP contribution in [0.1, 0.15) is 103 Å². The van der Waals surface area contributed by atoms with Gasteiger partial charge in [-0.15, -0.1) is 0 Å². The number of rotatable bonds is 24. The number of anilines is 1. The number of primary amides is 1. The van der Waals surface area contributed by atoms with Gasteiger partial charge in [0.1, 0.15) is 24.7 Å². The Morgan fingerprint density at radius 2 is 1.41 bits per heavy atom. The van der Waals surface area contributed by atoms with E-state index in [1.807, 2.05) is 91.9 Å². The topological polar surface area (TPSA) is 232 Å². The van der Waals surface area contributed by atoms with Gasteiger partial charge in [-0.3, -0.25) is 43.3 Å². The van der Waals surface area contributed by atoms with Gasteiger partial charge in [-0.1, -0.05) is 97.1 Å². The third-order valence-corrected chi connectivity index (χ3v) is 16.0. The molecule has 18 heteroatoms. The molecule has 0 bridgehead atoms. The van der Waals surface area contributed by atoms with Crippen LogP contribution in [0.2, 0.25) is 0 Å². The molecule has 0 radical (unpaired) electrons. The van der Waals surface area contributed by atoms with Crippen molar-refractivity contribution in [2.75, 3.05) is 37.9 Å². The molecular formula is C62H69N7O11. The molecule has 0 saturated carbocycles. The summed E-state index contributed by atoms with van der Waals surface area (Å²) in [6.07, 6.45) is 3.83. The number of imide groups is 1. The average Bonchev–Trinajstić information content (AvgIpc) is 4.08. The lowest BCUT2D eigenvalue weighted by Crippen LogP contribution is -2.56. The van der Waals surface area contributed by atoms with Crippen LogP contribution in [-0.2, 0) is 82.3 Å². The molecule has 6 amide bonds. The summed E-state index contributed by atoms with van der Waals surface area (Å²) in [7, 11) is 1.69. The molecule has 4 heterocycles. The lowest BCUT2D eigenvalue weighted by atomic mass is 9.98. The summed E-state index contributed by atoms with van der Waals surface area (Å²) in [6, 6.07) is 32.8. The number of para-hydroxylation sites is 1. The van der Waals surface area contributed by atoms with E-state index in [1.165, 1.54) is 9.47 Å². The van der Waals surface area contributed by atoms with E-state index in [4.69, 9.17) is 24.7 Å². The van der Waals surface area contributed by atoms with Crippen LogP contribution < -0.4 is 32.3 Å². The summed E-state index contributed by atoms with van der Waals surface area (Å²) in [5, 5.41) is 8.31. The normalized spacial score (nSPS) is 18.2. The van der Waals surface area contributed by atoms with Crippen molar-refractivity contribution in [2.24, 2.45) is 12.8 Å². The van der Waals surface area contributed by atoms with Crippen LogP contribution in [0.5, 0.6) is 0 Å². The molecule has 80 heavy (non-hydrogen) atoms.